The van der Waals surface area contributed by atoms with Crippen molar-refractivity contribution in [3.8, 4) is 11.1 Å². The van der Waals surface area contributed by atoms with Gasteiger partial charge in [0.05, 0.1) is 5.56 Å². The molecule has 0 aromatic heterocycles. The monoisotopic (exact) mass is 272 g/mol. The van der Waals surface area contributed by atoms with E-state index in [4.69, 9.17) is 0 Å². The van der Waals surface area contributed by atoms with Gasteiger partial charge in [-0.05, 0) is 30.2 Å². The fourth-order valence-electron chi connectivity index (χ4n) is 1.88. The Kier molecular flexibility index (Phi) is 3.30. The lowest BCUT2D eigenvalue weighted by Gasteiger charge is -2.12. The van der Waals surface area contributed by atoms with Crippen LogP contribution in [0.3, 0.4) is 0 Å². The molecule has 2 rings (SSSR count). The van der Waals surface area contributed by atoms with E-state index in [9.17, 15) is 22.0 Å². The molecule has 5 heteroatoms. The third kappa shape index (κ3) is 2.59. The van der Waals surface area contributed by atoms with Crippen molar-refractivity contribution < 1.29 is 22.0 Å². The summed E-state index contributed by atoms with van der Waals surface area (Å²) in [5, 5.41) is 0. The molecule has 0 saturated carbocycles. The molecule has 0 nitrogen and oxygen atoms in total. The summed E-state index contributed by atoms with van der Waals surface area (Å²) in [7, 11) is 0. The van der Waals surface area contributed by atoms with Crippen LogP contribution in [0.2, 0.25) is 0 Å². The Labute approximate surface area is 106 Å². The van der Waals surface area contributed by atoms with Gasteiger partial charge in [-0.25, -0.2) is 8.78 Å². The highest BCUT2D eigenvalue weighted by Crippen LogP contribution is 2.34. The Morgan fingerprint density at radius 2 is 1.63 bits per heavy atom. The smallest absolute Gasteiger partial charge is 0.204 e. The molecule has 2 aromatic carbocycles. The highest BCUT2D eigenvalue weighted by Gasteiger charge is 2.32. The first-order valence-corrected chi connectivity index (χ1v) is 5.43. The third-order valence-corrected chi connectivity index (χ3v) is 2.79. The molecule has 0 fully saturated rings. The van der Waals surface area contributed by atoms with Gasteiger partial charge < -0.3 is 0 Å². The van der Waals surface area contributed by atoms with Gasteiger partial charge in [0.1, 0.15) is 0 Å². The van der Waals surface area contributed by atoms with Crippen LogP contribution in [0.25, 0.3) is 11.1 Å². The van der Waals surface area contributed by atoms with E-state index in [1.165, 1.54) is 25.1 Å². The Hall–Kier alpha value is -1.91. The second-order valence-corrected chi connectivity index (χ2v) is 4.13. The van der Waals surface area contributed by atoms with Gasteiger partial charge in [0, 0.05) is 5.56 Å². The number of alkyl halides is 3. The lowest BCUT2D eigenvalue weighted by molar-refractivity contribution is -0.138. The minimum atomic E-state index is -4.46. The second kappa shape index (κ2) is 4.64. The lowest BCUT2D eigenvalue weighted by atomic mass is 9.99. The summed E-state index contributed by atoms with van der Waals surface area (Å²) >= 11 is 0. The fourth-order valence-corrected chi connectivity index (χ4v) is 1.88. The largest absolute Gasteiger partial charge is 0.416 e. The molecule has 100 valence electrons. The van der Waals surface area contributed by atoms with Crippen LogP contribution in [0.4, 0.5) is 22.0 Å². The SMILES string of the molecule is Cc1cc(-c2cccc(F)c2F)ccc1C(F)(F)F. The Balaban J connectivity index is 2.54. The van der Waals surface area contributed by atoms with E-state index in [2.05, 4.69) is 0 Å². The molecule has 0 atom stereocenters. The molecular weight excluding hydrogens is 263 g/mol. The first kappa shape index (κ1) is 13.5. The topological polar surface area (TPSA) is 0 Å². The summed E-state index contributed by atoms with van der Waals surface area (Å²) in [4.78, 5) is 0. The standard InChI is InChI=1S/C14H9F5/c1-8-7-9(5-6-11(8)14(17,18)19)10-3-2-4-12(15)13(10)16/h2-7H,1H3. The zero-order valence-electron chi connectivity index (χ0n) is 9.85. The van der Waals surface area contributed by atoms with Gasteiger partial charge in [-0.15, -0.1) is 0 Å². The molecule has 0 radical (unpaired) electrons. The van der Waals surface area contributed by atoms with Gasteiger partial charge >= 0.3 is 6.18 Å². The van der Waals surface area contributed by atoms with Crippen LogP contribution in [0.1, 0.15) is 11.1 Å². The van der Waals surface area contributed by atoms with Crippen molar-refractivity contribution in [2.45, 2.75) is 13.1 Å². The number of hydrogen-bond acceptors (Lipinski definition) is 0. The van der Waals surface area contributed by atoms with E-state index in [1.807, 2.05) is 0 Å². The van der Waals surface area contributed by atoms with Crippen molar-refractivity contribution >= 4 is 0 Å². The first-order valence-electron chi connectivity index (χ1n) is 5.43. The lowest BCUT2D eigenvalue weighted by Crippen LogP contribution is -2.07. The molecule has 0 spiro atoms. The number of halogens is 5. The van der Waals surface area contributed by atoms with Crippen molar-refractivity contribution in [2.75, 3.05) is 0 Å². The predicted molar refractivity (Wildman–Crippen MR) is 61.5 cm³/mol. The highest BCUT2D eigenvalue weighted by atomic mass is 19.4. The molecule has 0 bridgehead atoms. The summed E-state index contributed by atoms with van der Waals surface area (Å²) in [6, 6.07) is 6.78. The summed E-state index contributed by atoms with van der Waals surface area (Å²) in [5.74, 6) is -2.10. The third-order valence-electron chi connectivity index (χ3n) is 2.79. The highest BCUT2D eigenvalue weighted by molar-refractivity contribution is 5.65. The van der Waals surface area contributed by atoms with Crippen molar-refractivity contribution in [1.82, 2.24) is 0 Å². The van der Waals surface area contributed by atoms with E-state index in [0.717, 1.165) is 18.2 Å². The van der Waals surface area contributed by atoms with E-state index >= 15 is 0 Å². The van der Waals surface area contributed by atoms with Gasteiger partial charge in [-0.3, -0.25) is 0 Å². The molecule has 0 heterocycles. The van der Waals surface area contributed by atoms with E-state index < -0.39 is 23.4 Å². The normalized spacial score (nSPS) is 11.7. The summed E-state index contributed by atoms with van der Waals surface area (Å²) in [6.45, 7) is 1.28. The van der Waals surface area contributed by atoms with Crippen LogP contribution in [0.15, 0.2) is 36.4 Å². The van der Waals surface area contributed by atoms with Crippen LogP contribution in [0.5, 0.6) is 0 Å². The molecule has 0 unspecified atom stereocenters. The van der Waals surface area contributed by atoms with E-state index in [1.54, 1.807) is 0 Å². The Morgan fingerprint density at radius 3 is 2.21 bits per heavy atom. The number of hydrogen-bond donors (Lipinski definition) is 0. The van der Waals surface area contributed by atoms with Crippen molar-refractivity contribution in [3.63, 3.8) is 0 Å². The first-order chi connectivity index (χ1) is 8.80. The van der Waals surface area contributed by atoms with Gasteiger partial charge in [0.15, 0.2) is 11.6 Å². The minimum Gasteiger partial charge on any atom is -0.204 e. The predicted octanol–water partition coefficient (Wildman–Crippen LogP) is 4.96. The fraction of sp³-hybridized carbons (Fsp3) is 0.143. The molecule has 0 aliphatic rings. The molecule has 2 aromatic rings. The average molecular weight is 272 g/mol. The van der Waals surface area contributed by atoms with Crippen LogP contribution in [-0.2, 0) is 6.18 Å². The summed E-state index contributed by atoms with van der Waals surface area (Å²) < 4.78 is 64.4. The number of benzene rings is 2. The van der Waals surface area contributed by atoms with Crippen LogP contribution < -0.4 is 0 Å². The van der Waals surface area contributed by atoms with Crippen molar-refractivity contribution in [2.24, 2.45) is 0 Å². The van der Waals surface area contributed by atoms with Gasteiger partial charge in [-0.1, -0.05) is 24.3 Å². The van der Waals surface area contributed by atoms with Gasteiger partial charge in [0.25, 0.3) is 0 Å². The average Bonchev–Trinajstić information content (AvgIpc) is 2.31. The Morgan fingerprint density at radius 1 is 0.947 bits per heavy atom. The molecule has 0 saturated heterocycles. The van der Waals surface area contributed by atoms with Crippen LogP contribution in [0, 0.1) is 18.6 Å². The second-order valence-electron chi connectivity index (χ2n) is 4.13. The van der Waals surface area contributed by atoms with Crippen molar-refractivity contribution in [1.29, 1.82) is 0 Å². The molecule has 0 N–H and O–H groups in total. The van der Waals surface area contributed by atoms with Gasteiger partial charge in [0.2, 0.25) is 0 Å². The van der Waals surface area contributed by atoms with E-state index in [0.29, 0.717) is 0 Å². The maximum absolute atomic E-state index is 13.6. The van der Waals surface area contributed by atoms with Crippen LogP contribution >= 0.6 is 0 Å². The molecular formula is C14H9F5. The number of rotatable bonds is 1. The summed E-state index contributed by atoms with van der Waals surface area (Å²) in [5.41, 5.74) is -0.666. The Bertz CT molecular complexity index is 614. The minimum absolute atomic E-state index is 0.0336. The quantitative estimate of drug-likeness (QED) is 0.644. The molecule has 0 aliphatic heterocycles. The van der Waals surface area contributed by atoms with Crippen LogP contribution in [-0.4, -0.2) is 0 Å². The molecule has 19 heavy (non-hydrogen) atoms. The zero-order valence-corrected chi connectivity index (χ0v) is 9.85. The molecule has 0 amide bonds. The maximum Gasteiger partial charge on any atom is 0.416 e. The summed E-state index contributed by atoms with van der Waals surface area (Å²) in [6.07, 6.45) is -4.46. The molecule has 0 aliphatic carbocycles. The zero-order chi connectivity index (χ0) is 14.2. The van der Waals surface area contributed by atoms with E-state index in [-0.39, 0.29) is 16.7 Å². The van der Waals surface area contributed by atoms with Gasteiger partial charge in [-0.2, -0.15) is 13.2 Å². The maximum atomic E-state index is 13.6. The number of aryl methyl sites for hydroxylation is 1. The van der Waals surface area contributed by atoms with Crippen molar-refractivity contribution in [3.05, 3.63) is 59.2 Å².